The van der Waals surface area contributed by atoms with E-state index in [1.54, 1.807) is 11.3 Å². The summed E-state index contributed by atoms with van der Waals surface area (Å²) in [5.74, 6) is 0.00616. The van der Waals surface area contributed by atoms with E-state index in [1.165, 1.54) is 0 Å². The molecule has 0 aliphatic carbocycles. The fourth-order valence-corrected chi connectivity index (χ4v) is 3.58. The van der Waals surface area contributed by atoms with Crippen LogP contribution in [0.25, 0.3) is 0 Å². The van der Waals surface area contributed by atoms with Crippen LogP contribution in [0.4, 0.5) is 0 Å². The van der Waals surface area contributed by atoms with Crippen LogP contribution in [0.5, 0.6) is 0 Å². The molecule has 0 bridgehead atoms. The van der Waals surface area contributed by atoms with Gasteiger partial charge >= 0.3 is 0 Å². The van der Waals surface area contributed by atoms with E-state index in [9.17, 15) is 4.79 Å². The highest BCUT2D eigenvalue weighted by Gasteiger charge is 2.32. The van der Waals surface area contributed by atoms with Crippen LogP contribution in [0, 0.1) is 0 Å². The van der Waals surface area contributed by atoms with E-state index in [0.29, 0.717) is 5.69 Å². The first kappa shape index (κ1) is 15.2. The molecule has 0 spiro atoms. The Hall–Kier alpha value is -1.69. The van der Waals surface area contributed by atoms with E-state index in [2.05, 4.69) is 36.0 Å². The lowest BCUT2D eigenvalue weighted by Crippen LogP contribution is -2.38. The van der Waals surface area contributed by atoms with Gasteiger partial charge in [0.2, 0.25) is 0 Å². The van der Waals surface area contributed by atoms with Crippen LogP contribution in [0.2, 0.25) is 0 Å². The quantitative estimate of drug-likeness (QED) is 0.921. The summed E-state index contributed by atoms with van der Waals surface area (Å²) >= 11 is 1.62. The van der Waals surface area contributed by atoms with Crippen molar-refractivity contribution >= 4 is 17.2 Å². The Morgan fingerprint density at radius 2 is 2.23 bits per heavy atom. The van der Waals surface area contributed by atoms with E-state index in [0.717, 1.165) is 36.5 Å². The van der Waals surface area contributed by atoms with Crippen molar-refractivity contribution in [1.29, 1.82) is 0 Å². The first-order valence-corrected chi connectivity index (χ1v) is 8.61. The Morgan fingerprint density at radius 1 is 1.41 bits per heavy atom. The molecule has 0 radical (unpaired) electrons. The van der Waals surface area contributed by atoms with Crippen LogP contribution < -0.4 is 0 Å². The predicted octanol–water partition coefficient (Wildman–Crippen LogP) is 3.53. The second kappa shape index (κ2) is 5.83. The van der Waals surface area contributed by atoms with Gasteiger partial charge in [0.25, 0.3) is 5.91 Å². The van der Waals surface area contributed by atoms with Crippen LogP contribution in [-0.2, 0) is 5.41 Å². The number of likely N-dealkylation sites (tertiary alicyclic amines) is 1. The van der Waals surface area contributed by atoms with E-state index < -0.39 is 0 Å². The molecule has 1 amide bonds. The predicted molar refractivity (Wildman–Crippen MR) is 87.0 cm³/mol. The Bertz CT molecular complexity index is 641. The summed E-state index contributed by atoms with van der Waals surface area (Å²) in [4.78, 5) is 19.2. The minimum absolute atomic E-state index is 0.00616. The van der Waals surface area contributed by atoms with Gasteiger partial charge in [0.15, 0.2) is 0 Å². The minimum atomic E-state index is -0.0395. The summed E-state index contributed by atoms with van der Waals surface area (Å²) in [6, 6.07) is 1.98. The molecule has 0 saturated carbocycles. The van der Waals surface area contributed by atoms with E-state index in [1.807, 2.05) is 22.5 Å². The lowest BCUT2D eigenvalue weighted by atomic mass is 9.92. The van der Waals surface area contributed by atoms with Crippen LogP contribution in [0.3, 0.4) is 0 Å². The maximum atomic E-state index is 12.9. The molecule has 6 heteroatoms. The van der Waals surface area contributed by atoms with Gasteiger partial charge in [-0.25, -0.2) is 4.98 Å². The molecule has 3 rings (SSSR count). The average Bonchev–Trinajstić information content (AvgIpc) is 3.17. The maximum absolute atomic E-state index is 12.9. The zero-order chi connectivity index (χ0) is 15.7. The van der Waals surface area contributed by atoms with Crippen LogP contribution >= 0.6 is 11.3 Å². The summed E-state index contributed by atoms with van der Waals surface area (Å²) in [6.07, 6.45) is 4.98. The summed E-state index contributed by atoms with van der Waals surface area (Å²) in [5, 5.41) is 10.2. The number of nitrogens with one attached hydrogen (secondary N) is 1. The largest absolute Gasteiger partial charge is 0.328 e. The van der Waals surface area contributed by atoms with Gasteiger partial charge in [0.1, 0.15) is 10.7 Å². The molecule has 1 atom stereocenters. The molecular formula is C16H22N4OS. The third-order valence-electron chi connectivity index (χ3n) is 4.11. The molecule has 1 aliphatic rings. The third kappa shape index (κ3) is 2.92. The zero-order valence-corrected chi connectivity index (χ0v) is 14.1. The van der Waals surface area contributed by atoms with E-state index in [-0.39, 0.29) is 17.4 Å². The fourth-order valence-electron chi connectivity index (χ4n) is 2.79. The summed E-state index contributed by atoms with van der Waals surface area (Å²) in [6.45, 7) is 7.09. The van der Waals surface area contributed by atoms with Gasteiger partial charge < -0.3 is 4.90 Å². The molecule has 3 heterocycles. The molecule has 1 fully saturated rings. The monoisotopic (exact) mass is 318 g/mol. The number of carbonyl (C=O) groups excluding carboxylic acids is 1. The van der Waals surface area contributed by atoms with Gasteiger partial charge in [-0.15, -0.1) is 11.3 Å². The molecular weight excluding hydrogens is 296 g/mol. The molecule has 5 nitrogen and oxygen atoms in total. The second-order valence-electron chi connectivity index (χ2n) is 6.80. The Balaban J connectivity index is 1.84. The molecule has 1 aliphatic heterocycles. The van der Waals surface area contributed by atoms with Crippen molar-refractivity contribution in [3.05, 3.63) is 34.0 Å². The van der Waals surface area contributed by atoms with Gasteiger partial charge in [-0.1, -0.05) is 20.8 Å². The molecule has 2 aromatic rings. The third-order valence-corrected chi connectivity index (χ3v) is 4.98. The van der Waals surface area contributed by atoms with Crippen LogP contribution in [-0.4, -0.2) is 32.5 Å². The van der Waals surface area contributed by atoms with Gasteiger partial charge in [-0.3, -0.25) is 9.89 Å². The standard InChI is InChI=1S/C16H22N4OS/c1-16(2,3)13-10-11(18-19-13)15(21)20-8-5-4-6-12(20)14-17-7-9-22-14/h7,9-10,12H,4-6,8H2,1-3H3,(H,18,19)/t12-/m0/s1. The number of aromatic nitrogens is 3. The highest BCUT2D eigenvalue weighted by atomic mass is 32.1. The van der Waals surface area contributed by atoms with E-state index in [4.69, 9.17) is 0 Å². The second-order valence-corrected chi connectivity index (χ2v) is 7.72. The number of nitrogens with zero attached hydrogens (tertiary/aromatic N) is 3. The van der Waals surface area contributed by atoms with E-state index >= 15 is 0 Å². The minimum Gasteiger partial charge on any atom is -0.328 e. The summed E-state index contributed by atoms with van der Waals surface area (Å²) < 4.78 is 0. The highest BCUT2D eigenvalue weighted by molar-refractivity contribution is 7.09. The van der Waals surface area contributed by atoms with Gasteiger partial charge in [-0.2, -0.15) is 5.10 Å². The number of H-pyrrole nitrogens is 1. The Labute approximate surface area is 134 Å². The number of carbonyl (C=O) groups is 1. The van der Waals surface area contributed by atoms with Crippen molar-refractivity contribution in [2.24, 2.45) is 0 Å². The molecule has 2 aromatic heterocycles. The van der Waals surface area contributed by atoms with Crippen molar-refractivity contribution in [3.8, 4) is 0 Å². The number of hydrogen-bond acceptors (Lipinski definition) is 4. The number of piperidine rings is 1. The average molecular weight is 318 g/mol. The van der Waals surface area contributed by atoms with Crippen molar-refractivity contribution in [2.75, 3.05) is 6.54 Å². The van der Waals surface area contributed by atoms with Crippen LogP contribution in [0.15, 0.2) is 17.6 Å². The van der Waals surface area contributed by atoms with Crippen molar-refractivity contribution in [3.63, 3.8) is 0 Å². The molecule has 1 N–H and O–H groups in total. The van der Waals surface area contributed by atoms with Crippen molar-refractivity contribution in [1.82, 2.24) is 20.1 Å². The van der Waals surface area contributed by atoms with Gasteiger partial charge in [0, 0.05) is 29.2 Å². The topological polar surface area (TPSA) is 61.9 Å². The van der Waals surface area contributed by atoms with Crippen molar-refractivity contribution in [2.45, 2.75) is 51.5 Å². The SMILES string of the molecule is CC(C)(C)c1cc(C(=O)N2CCCC[C@H]2c2nccs2)n[nH]1. The normalized spacial score (nSPS) is 19.4. The molecule has 118 valence electrons. The number of rotatable bonds is 2. The lowest BCUT2D eigenvalue weighted by molar-refractivity contribution is 0.0605. The smallest absolute Gasteiger partial charge is 0.274 e. The molecule has 0 unspecified atom stereocenters. The summed E-state index contributed by atoms with van der Waals surface area (Å²) in [5.41, 5.74) is 1.45. The van der Waals surface area contributed by atoms with Crippen LogP contribution in [0.1, 0.15) is 67.3 Å². The zero-order valence-electron chi connectivity index (χ0n) is 13.3. The van der Waals surface area contributed by atoms with Crippen molar-refractivity contribution < 1.29 is 4.79 Å². The lowest BCUT2D eigenvalue weighted by Gasteiger charge is -2.34. The molecule has 22 heavy (non-hydrogen) atoms. The number of aromatic amines is 1. The summed E-state index contributed by atoms with van der Waals surface area (Å²) in [7, 11) is 0. The number of thiazole rings is 1. The van der Waals surface area contributed by atoms with Gasteiger partial charge in [-0.05, 0) is 25.3 Å². The first-order valence-electron chi connectivity index (χ1n) is 7.73. The van der Waals surface area contributed by atoms with Gasteiger partial charge in [0.05, 0.1) is 6.04 Å². The first-order chi connectivity index (χ1) is 10.5. The Kier molecular flexibility index (Phi) is 4.04. The molecule has 0 aromatic carbocycles. The number of hydrogen-bond donors (Lipinski definition) is 1. The fraction of sp³-hybridized carbons (Fsp3) is 0.562. The number of amides is 1. The highest BCUT2D eigenvalue weighted by Crippen LogP contribution is 2.33. The Morgan fingerprint density at radius 3 is 2.86 bits per heavy atom. The molecule has 1 saturated heterocycles. The maximum Gasteiger partial charge on any atom is 0.274 e.